The molecule has 1 amide bonds. The second-order valence-electron chi connectivity index (χ2n) is 4.19. The number of likely N-dealkylation sites (N-methyl/N-ethyl adjacent to an activating group) is 1. The molecular weight excluding hydrogens is 238 g/mol. The number of carboxylic acid groups (broad SMARTS) is 1. The molecule has 2 atom stereocenters. The van der Waals surface area contributed by atoms with E-state index in [0.717, 1.165) is 6.54 Å². The number of amides is 1. The molecule has 0 spiro atoms. The fourth-order valence-electron chi connectivity index (χ4n) is 1.84. The van der Waals surface area contributed by atoms with Gasteiger partial charge in [0, 0.05) is 26.1 Å². The standard InChI is InChI=1S/C11H21N3O4/c1-2-14(10-7-13-5-6-18-10)9(15)4-3-8(12)11(16)17/h8,10,13H,2-7,12H2,1H3,(H,16,17)/t8-,10?/m0/s1. The van der Waals surface area contributed by atoms with Crippen LogP contribution in [0.25, 0.3) is 0 Å². The van der Waals surface area contributed by atoms with Crippen LogP contribution in [0.5, 0.6) is 0 Å². The van der Waals surface area contributed by atoms with Gasteiger partial charge in [0.25, 0.3) is 0 Å². The first kappa shape index (κ1) is 14.9. The van der Waals surface area contributed by atoms with Crippen LogP contribution in [0.3, 0.4) is 0 Å². The number of rotatable bonds is 6. The Hall–Kier alpha value is -1.18. The first-order valence-electron chi connectivity index (χ1n) is 6.16. The fourth-order valence-corrected chi connectivity index (χ4v) is 1.84. The number of carboxylic acids is 1. The van der Waals surface area contributed by atoms with Crippen molar-refractivity contribution in [2.24, 2.45) is 5.73 Å². The Labute approximate surface area is 106 Å². The molecule has 4 N–H and O–H groups in total. The van der Waals surface area contributed by atoms with Crippen molar-refractivity contribution in [3.8, 4) is 0 Å². The minimum absolute atomic E-state index is 0.122. The predicted molar refractivity (Wildman–Crippen MR) is 64.8 cm³/mol. The van der Waals surface area contributed by atoms with Crippen LogP contribution in [0.15, 0.2) is 0 Å². The molecule has 1 heterocycles. The number of hydrogen-bond donors (Lipinski definition) is 3. The van der Waals surface area contributed by atoms with Gasteiger partial charge in [0.2, 0.25) is 5.91 Å². The summed E-state index contributed by atoms with van der Waals surface area (Å²) in [4.78, 5) is 24.2. The molecule has 7 heteroatoms. The molecule has 0 aliphatic carbocycles. The van der Waals surface area contributed by atoms with Gasteiger partial charge in [0.1, 0.15) is 12.3 Å². The lowest BCUT2D eigenvalue weighted by Gasteiger charge is -2.34. The van der Waals surface area contributed by atoms with E-state index in [1.54, 1.807) is 4.90 Å². The Kier molecular flexibility index (Phi) is 6.03. The number of morpholine rings is 1. The van der Waals surface area contributed by atoms with Crippen molar-refractivity contribution in [2.75, 3.05) is 26.2 Å². The van der Waals surface area contributed by atoms with E-state index >= 15 is 0 Å². The molecule has 1 fully saturated rings. The number of carbonyl (C=O) groups is 2. The molecule has 1 rings (SSSR count). The van der Waals surface area contributed by atoms with E-state index in [9.17, 15) is 9.59 Å². The third-order valence-corrected chi connectivity index (χ3v) is 2.90. The maximum absolute atomic E-state index is 12.0. The van der Waals surface area contributed by atoms with Crippen LogP contribution >= 0.6 is 0 Å². The quantitative estimate of drug-likeness (QED) is 0.563. The molecule has 0 bridgehead atoms. The van der Waals surface area contributed by atoms with Gasteiger partial charge in [-0.05, 0) is 13.3 Å². The second kappa shape index (κ2) is 7.30. The number of nitrogens with one attached hydrogen (secondary N) is 1. The smallest absolute Gasteiger partial charge is 0.320 e. The largest absolute Gasteiger partial charge is 0.480 e. The molecule has 1 saturated heterocycles. The maximum Gasteiger partial charge on any atom is 0.320 e. The van der Waals surface area contributed by atoms with Gasteiger partial charge in [-0.25, -0.2) is 0 Å². The van der Waals surface area contributed by atoms with E-state index in [0.29, 0.717) is 19.7 Å². The Morgan fingerprint density at radius 3 is 2.83 bits per heavy atom. The molecule has 0 aromatic rings. The number of nitrogens with two attached hydrogens (primary N) is 1. The van der Waals surface area contributed by atoms with Crippen molar-refractivity contribution >= 4 is 11.9 Å². The number of ether oxygens (including phenoxy) is 1. The molecule has 0 aromatic heterocycles. The zero-order chi connectivity index (χ0) is 13.5. The molecular formula is C11H21N3O4. The monoisotopic (exact) mass is 259 g/mol. The van der Waals surface area contributed by atoms with Crippen molar-refractivity contribution in [1.82, 2.24) is 10.2 Å². The molecule has 18 heavy (non-hydrogen) atoms. The fraction of sp³-hybridized carbons (Fsp3) is 0.818. The van der Waals surface area contributed by atoms with Gasteiger partial charge in [-0.2, -0.15) is 0 Å². The van der Waals surface area contributed by atoms with Crippen LogP contribution in [0.4, 0.5) is 0 Å². The Bertz CT molecular complexity index is 292. The van der Waals surface area contributed by atoms with E-state index in [-0.39, 0.29) is 25.0 Å². The highest BCUT2D eigenvalue weighted by atomic mass is 16.5. The average molecular weight is 259 g/mol. The zero-order valence-electron chi connectivity index (χ0n) is 10.6. The molecule has 0 saturated carbocycles. The summed E-state index contributed by atoms with van der Waals surface area (Å²) in [5.74, 6) is -1.20. The molecule has 7 nitrogen and oxygen atoms in total. The van der Waals surface area contributed by atoms with Gasteiger partial charge < -0.3 is 25.8 Å². The summed E-state index contributed by atoms with van der Waals surface area (Å²) < 4.78 is 5.50. The van der Waals surface area contributed by atoms with Crippen molar-refractivity contribution in [2.45, 2.75) is 32.0 Å². The zero-order valence-corrected chi connectivity index (χ0v) is 10.6. The third kappa shape index (κ3) is 4.25. The van der Waals surface area contributed by atoms with Crippen LogP contribution in [0.2, 0.25) is 0 Å². The normalized spacial score (nSPS) is 21.3. The van der Waals surface area contributed by atoms with E-state index in [2.05, 4.69) is 5.32 Å². The first-order chi connectivity index (χ1) is 8.56. The van der Waals surface area contributed by atoms with Gasteiger partial charge in [-0.1, -0.05) is 0 Å². The van der Waals surface area contributed by atoms with E-state index in [4.69, 9.17) is 15.6 Å². The SMILES string of the molecule is CCN(C(=O)CC[C@H](N)C(=O)O)C1CNCCO1. The summed E-state index contributed by atoms with van der Waals surface area (Å²) in [5.41, 5.74) is 5.37. The van der Waals surface area contributed by atoms with Crippen LogP contribution in [-0.2, 0) is 14.3 Å². The van der Waals surface area contributed by atoms with Crippen LogP contribution < -0.4 is 11.1 Å². The van der Waals surface area contributed by atoms with Crippen molar-refractivity contribution in [1.29, 1.82) is 0 Å². The summed E-state index contributed by atoms with van der Waals surface area (Å²) in [6, 6.07) is -0.988. The van der Waals surface area contributed by atoms with Crippen LogP contribution in [0.1, 0.15) is 19.8 Å². The molecule has 104 valence electrons. The molecule has 1 unspecified atom stereocenters. The minimum Gasteiger partial charge on any atom is -0.480 e. The molecule has 0 aromatic carbocycles. The third-order valence-electron chi connectivity index (χ3n) is 2.90. The second-order valence-corrected chi connectivity index (χ2v) is 4.19. The van der Waals surface area contributed by atoms with Gasteiger partial charge in [0.15, 0.2) is 0 Å². The molecule has 1 aliphatic rings. The molecule has 0 radical (unpaired) electrons. The predicted octanol–water partition coefficient (Wildman–Crippen LogP) is -1.03. The number of aliphatic carboxylic acids is 1. The lowest BCUT2D eigenvalue weighted by molar-refractivity contribution is -0.148. The summed E-state index contributed by atoms with van der Waals surface area (Å²) in [6.45, 7) is 4.36. The first-order valence-corrected chi connectivity index (χ1v) is 6.16. The number of carbonyl (C=O) groups excluding carboxylic acids is 1. The van der Waals surface area contributed by atoms with Gasteiger partial charge in [-0.15, -0.1) is 0 Å². The number of hydrogen-bond acceptors (Lipinski definition) is 5. The summed E-state index contributed by atoms with van der Waals surface area (Å²) in [5, 5.41) is 11.8. The highest BCUT2D eigenvalue weighted by Crippen LogP contribution is 2.08. The van der Waals surface area contributed by atoms with E-state index < -0.39 is 12.0 Å². The summed E-state index contributed by atoms with van der Waals surface area (Å²) in [6.07, 6.45) is 0.00344. The highest BCUT2D eigenvalue weighted by Gasteiger charge is 2.25. The van der Waals surface area contributed by atoms with Crippen molar-refractivity contribution in [3.05, 3.63) is 0 Å². The van der Waals surface area contributed by atoms with Crippen molar-refractivity contribution in [3.63, 3.8) is 0 Å². The molecule has 1 aliphatic heterocycles. The summed E-state index contributed by atoms with van der Waals surface area (Å²) in [7, 11) is 0. The van der Waals surface area contributed by atoms with E-state index in [1.165, 1.54) is 0 Å². The van der Waals surface area contributed by atoms with Gasteiger partial charge in [0.05, 0.1) is 6.61 Å². The lowest BCUT2D eigenvalue weighted by Crippen LogP contribution is -2.51. The highest BCUT2D eigenvalue weighted by molar-refractivity contribution is 5.78. The van der Waals surface area contributed by atoms with Crippen molar-refractivity contribution < 1.29 is 19.4 Å². The Morgan fingerprint density at radius 1 is 1.61 bits per heavy atom. The maximum atomic E-state index is 12.0. The minimum atomic E-state index is -1.08. The van der Waals surface area contributed by atoms with Crippen LogP contribution in [0, 0.1) is 0 Å². The summed E-state index contributed by atoms with van der Waals surface area (Å²) >= 11 is 0. The Balaban J connectivity index is 2.43. The van der Waals surface area contributed by atoms with Gasteiger partial charge >= 0.3 is 5.97 Å². The number of nitrogens with zero attached hydrogens (tertiary/aromatic N) is 1. The lowest BCUT2D eigenvalue weighted by atomic mass is 10.1. The Morgan fingerprint density at radius 2 is 2.33 bits per heavy atom. The average Bonchev–Trinajstić information content (AvgIpc) is 2.38. The van der Waals surface area contributed by atoms with Gasteiger partial charge in [-0.3, -0.25) is 9.59 Å². The van der Waals surface area contributed by atoms with Crippen LogP contribution in [-0.4, -0.2) is 60.4 Å². The topological polar surface area (TPSA) is 105 Å². The van der Waals surface area contributed by atoms with E-state index in [1.807, 2.05) is 6.92 Å².